The standard InChI is InChI=1S/C10H13F3O2/c1-3-10(4-2)5(6(10)9(14)15)7(11)8(12)13/h5-6H,3-4H2,1-2H3,(H,14,15). The molecule has 1 aliphatic carbocycles. The Labute approximate surface area is 85.8 Å². The largest absolute Gasteiger partial charge is 0.481 e. The van der Waals surface area contributed by atoms with Crippen LogP contribution in [0, 0.1) is 17.3 Å². The Bertz CT molecular complexity index is 304. The molecule has 0 radical (unpaired) electrons. The molecule has 86 valence electrons. The molecule has 0 aromatic rings. The average Bonchev–Trinajstić information content (AvgIpc) is 2.86. The van der Waals surface area contributed by atoms with Gasteiger partial charge in [0, 0.05) is 5.92 Å². The minimum atomic E-state index is -2.39. The van der Waals surface area contributed by atoms with Crippen molar-refractivity contribution >= 4 is 5.97 Å². The van der Waals surface area contributed by atoms with E-state index in [1.165, 1.54) is 0 Å². The fourth-order valence-electron chi connectivity index (χ4n) is 2.53. The van der Waals surface area contributed by atoms with Crippen molar-refractivity contribution in [1.29, 1.82) is 0 Å². The minimum absolute atomic E-state index is 0.395. The maximum absolute atomic E-state index is 13.1. The normalized spacial score (nSPS) is 27.3. The van der Waals surface area contributed by atoms with E-state index in [-0.39, 0.29) is 0 Å². The molecular formula is C10H13F3O2. The molecule has 1 saturated carbocycles. The summed E-state index contributed by atoms with van der Waals surface area (Å²) >= 11 is 0. The number of halogens is 3. The second kappa shape index (κ2) is 3.87. The van der Waals surface area contributed by atoms with Crippen LogP contribution in [0.5, 0.6) is 0 Å². The van der Waals surface area contributed by atoms with E-state index in [1.807, 2.05) is 0 Å². The van der Waals surface area contributed by atoms with Gasteiger partial charge in [0.2, 0.25) is 0 Å². The number of rotatable bonds is 4. The first-order valence-electron chi connectivity index (χ1n) is 4.85. The quantitative estimate of drug-likeness (QED) is 0.793. The van der Waals surface area contributed by atoms with Gasteiger partial charge in [-0.15, -0.1) is 0 Å². The lowest BCUT2D eigenvalue weighted by Crippen LogP contribution is -2.08. The van der Waals surface area contributed by atoms with Crippen LogP contribution in [0.15, 0.2) is 11.9 Å². The van der Waals surface area contributed by atoms with Crippen LogP contribution in [-0.4, -0.2) is 11.1 Å². The molecule has 1 fully saturated rings. The van der Waals surface area contributed by atoms with Crippen molar-refractivity contribution in [3.8, 4) is 0 Å². The van der Waals surface area contributed by atoms with Gasteiger partial charge in [0.05, 0.1) is 5.92 Å². The summed E-state index contributed by atoms with van der Waals surface area (Å²) in [4.78, 5) is 10.8. The third kappa shape index (κ3) is 1.64. The zero-order valence-electron chi connectivity index (χ0n) is 8.56. The highest BCUT2D eigenvalue weighted by Crippen LogP contribution is 2.67. The number of carboxylic acids is 1. The summed E-state index contributed by atoms with van der Waals surface area (Å²) in [5.41, 5.74) is -0.820. The topological polar surface area (TPSA) is 37.3 Å². The third-order valence-electron chi connectivity index (χ3n) is 3.50. The van der Waals surface area contributed by atoms with Crippen LogP contribution < -0.4 is 0 Å². The van der Waals surface area contributed by atoms with Crippen LogP contribution in [0.25, 0.3) is 0 Å². The maximum atomic E-state index is 13.1. The Hall–Kier alpha value is -1.00. The number of carboxylic acid groups (broad SMARTS) is 1. The molecule has 5 heteroatoms. The van der Waals surface area contributed by atoms with Gasteiger partial charge in [0.1, 0.15) is 0 Å². The molecule has 2 nitrogen and oxygen atoms in total. The summed E-state index contributed by atoms with van der Waals surface area (Å²) in [7, 11) is 0. The molecule has 0 aliphatic heterocycles. The van der Waals surface area contributed by atoms with Gasteiger partial charge < -0.3 is 5.11 Å². The van der Waals surface area contributed by atoms with Crippen molar-refractivity contribution in [2.24, 2.45) is 17.3 Å². The fraction of sp³-hybridized carbons (Fsp3) is 0.700. The van der Waals surface area contributed by atoms with Crippen molar-refractivity contribution in [3.63, 3.8) is 0 Å². The van der Waals surface area contributed by atoms with E-state index >= 15 is 0 Å². The highest BCUT2D eigenvalue weighted by molar-refractivity contribution is 5.76. The number of hydrogen-bond acceptors (Lipinski definition) is 1. The van der Waals surface area contributed by atoms with E-state index in [0.29, 0.717) is 12.8 Å². The summed E-state index contributed by atoms with van der Waals surface area (Å²) in [6, 6.07) is 0. The Morgan fingerprint density at radius 2 is 1.67 bits per heavy atom. The Kier molecular flexibility index (Phi) is 3.11. The first-order valence-corrected chi connectivity index (χ1v) is 4.85. The Morgan fingerprint density at radius 3 is 1.87 bits per heavy atom. The van der Waals surface area contributed by atoms with Crippen LogP contribution in [0.4, 0.5) is 13.2 Å². The lowest BCUT2D eigenvalue weighted by molar-refractivity contribution is -0.139. The monoisotopic (exact) mass is 222 g/mol. The van der Waals surface area contributed by atoms with Gasteiger partial charge in [0.25, 0.3) is 0 Å². The van der Waals surface area contributed by atoms with E-state index in [4.69, 9.17) is 5.11 Å². The van der Waals surface area contributed by atoms with Gasteiger partial charge in [0.15, 0.2) is 5.83 Å². The maximum Gasteiger partial charge on any atom is 0.307 e. The minimum Gasteiger partial charge on any atom is -0.481 e. The van der Waals surface area contributed by atoms with Gasteiger partial charge in [-0.1, -0.05) is 13.8 Å². The molecule has 15 heavy (non-hydrogen) atoms. The van der Waals surface area contributed by atoms with Gasteiger partial charge >= 0.3 is 12.0 Å². The van der Waals surface area contributed by atoms with Crippen molar-refractivity contribution in [1.82, 2.24) is 0 Å². The van der Waals surface area contributed by atoms with Gasteiger partial charge in [-0.2, -0.15) is 8.78 Å². The van der Waals surface area contributed by atoms with Gasteiger partial charge in [-0.05, 0) is 18.3 Å². The molecule has 0 saturated heterocycles. The Morgan fingerprint density at radius 1 is 1.20 bits per heavy atom. The van der Waals surface area contributed by atoms with E-state index in [1.54, 1.807) is 13.8 Å². The molecular weight excluding hydrogens is 209 g/mol. The van der Waals surface area contributed by atoms with E-state index in [2.05, 4.69) is 0 Å². The molecule has 2 unspecified atom stereocenters. The van der Waals surface area contributed by atoms with Crippen molar-refractivity contribution < 1.29 is 23.1 Å². The lowest BCUT2D eigenvalue weighted by Gasteiger charge is -2.10. The molecule has 0 aromatic carbocycles. The second-order valence-electron chi connectivity index (χ2n) is 3.84. The summed E-state index contributed by atoms with van der Waals surface area (Å²) in [5, 5.41) is 8.82. The van der Waals surface area contributed by atoms with E-state index in [0.717, 1.165) is 0 Å². The number of carbonyl (C=O) groups is 1. The first-order chi connectivity index (χ1) is 6.92. The molecule has 0 bridgehead atoms. The summed E-state index contributed by atoms with van der Waals surface area (Å²) in [5.74, 6) is -4.89. The molecule has 1 aliphatic rings. The predicted molar refractivity (Wildman–Crippen MR) is 48.0 cm³/mol. The van der Waals surface area contributed by atoms with E-state index < -0.39 is 35.1 Å². The molecule has 1 rings (SSSR count). The fourth-order valence-corrected chi connectivity index (χ4v) is 2.53. The Balaban J connectivity index is 3.02. The molecule has 2 atom stereocenters. The molecule has 0 heterocycles. The predicted octanol–water partition coefficient (Wildman–Crippen LogP) is 3.20. The second-order valence-corrected chi connectivity index (χ2v) is 3.84. The van der Waals surface area contributed by atoms with Crippen LogP contribution in [0.3, 0.4) is 0 Å². The van der Waals surface area contributed by atoms with Crippen molar-refractivity contribution in [2.45, 2.75) is 26.7 Å². The van der Waals surface area contributed by atoms with E-state index in [9.17, 15) is 18.0 Å². The van der Waals surface area contributed by atoms with Gasteiger partial charge in [-0.3, -0.25) is 4.79 Å². The average molecular weight is 222 g/mol. The number of hydrogen-bond donors (Lipinski definition) is 1. The zero-order valence-corrected chi connectivity index (χ0v) is 8.56. The summed E-state index contributed by atoms with van der Waals surface area (Å²) < 4.78 is 37.2. The molecule has 0 aromatic heterocycles. The SMILES string of the molecule is CCC1(CC)C(C(=O)O)C1C(F)=C(F)F. The smallest absolute Gasteiger partial charge is 0.307 e. The highest BCUT2D eigenvalue weighted by atomic mass is 19.3. The molecule has 0 amide bonds. The summed E-state index contributed by atoms with van der Waals surface area (Å²) in [6.07, 6.45) is -1.60. The third-order valence-corrected chi connectivity index (χ3v) is 3.50. The lowest BCUT2D eigenvalue weighted by atomic mass is 9.95. The molecule has 0 spiro atoms. The van der Waals surface area contributed by atoms with Crippen molar-refractivity contribution in [3.05, 3.63) is 11.9 Å². The van der Waals surface area contributed by atoms with Crippen LogP contribution in [0.1, 0.15) is 26.7 Å². The first kappa shape index (κ1) is 12.1. The zero-order chi connectivity index (χ0) is 11.8. The highest BCUT2D eigenvalue weighted by Gasteiger charge is 2.68. The number of aliphatic carboxylic acids is 1. The van der Waals surface area contributed by atoms with Crippen LogP contribution in [0.2, 0.25) is 0 Å². The van der Waals surface area contributed by atoms with Crippen LogP contribution in [-0.2, 0) is 4.79 Å². The molecule has 1 N–H and O–H groups in total. The van der Waals surface area contributed by atoms with Crippen molar-refractivity contribution in [2.75, 3.05) is 0 Å². The summed E-state index contributed by atoms with van der Waals surface area (Å²) in [6.45, 7) is 3.39. The van der Waals surface area contributed by atoms with Crippen LogP contribution >= 0.6 is 0 Å². The van der Waals surface area contributed by atoms with Gasteiger partial charge in [-0.25, -0.2) is 4.39 Å². The number of allylic oxidation sites excluding steroid dienone is 1.